The lowest BCUT2D eigenvalue weighted by Gasteiger charge is -2.33. The van der Waals surface area contributed by atoms with Crippen LogP contribution in [0.5, 0.6) is 0 Å². The third-order valence-corrected chi connectivity index (χ3v) is 5.43. The number of nitrogens with zero attached hydrogens (tertiary/aromatic N) is 3. The van der Waals surface area contributed by atoms with E-state index in [0.717, 1.165) is 17.7 Å². The first-order valence-electron chi connectivity index (χ1n) is 8.11. The maximum Gasteiger partial charge on any atom is 0.257 e. The lowest BCUT2D eigenvalue weighted by atomic mass is 9.90. The van der Waals surface area contributed by atoms with Crippen molar-refractivity contribution in [2.45, 2.75) is 38.8 Å². The highest BCUT2D eigenvalue weighted by atomic mass is 32.1. The maximum absolute atomic E-state index is 12.6. The summed E-state index contributed by atoms with van der Waals surface area (Å²) in [5.74, 6) is 0.275. The van der Waals surface area contributed by atoms with Crippen molar-refractivity contribution >= 4 is 17.2 Å². The fraction of sp³-hybridized carbons (Fsp3) is 0.529. The zero-order valence-corrected chi connectivity index (χ0v) is 14.4. The second kappa shape index (κ2) is 6.84. The number of thiophene rings is 1. The van der Waals surface area contributed by atoms with Gasteiger partial charge in [-0.2, -0.15) is 5.10 Å². The van der Waals surface area contributed by atoms with E-state index < -0.39 is 6.10 Å². The normalized spacial score (nSPS) is 17.7. The molecule has 1 atom stereocenters. The molecule has 0 bridgehead atoms. The summed E-state index contributed by atoms with van der Waals surface area (Å²) in [4.78, 5) is 15.4. The number of aliphatic hydroxyl groups is 1. The monoisotopic (exact) mass is 333 g/mol. The summed E-state index contributed by atoms with van der Waals surface area (Å²) >= 11 is 1.59. The van der Waals surface area contributed by atoms with Crippen LogP contribution in [0.3, 0.4) is 0 Å². The molecule has 1 fully saturated rings. The first-order valence-corrected chi connectivity index (χ1v) is 8.99. The molecule has 0 radical (unpaired) electrons. The Morgan fingerprint density at radius 2 is 2.13 bits per heavy atom. The summed E-state index contributed by atoms with van der Waals surface area (Å²) in [7, 11) is 0. The average molecular weight is 333 g/mol. The summed E-state index contributed by atoms with van der Waals surface area (Å²) in [5, 5.41) is 16.7. The molecule has 0 aliphatic carbocycles. The molecule has 3 heterocycles. The first kappa shape index (κ1) is 16.2. The van der Waals surface area contributed by atoms with Gasteiger partial charge in [-0.25, -0.2) is 0 Å². The van der Waals surface area contributed by atoms with Crippen LogP contribution in [-0.2, 0) is 0 Å². The third-order valence-electron chi connectivity index (χ3n) is 4.49. The minimum Gasteiger partial charge on any atom is -0.387 e. The van der Waals surface area contributed by atoms with Gasteiger partial charge in [-0.1, -0.05) is 6.07 Å². The number of hydrogen-bond donors (Lipinski definition) is 1. The Kier molecular flexibility index (Phi) is 4.82. The standard InChI is InChI=1S/C17H23N3O2S/c1-12(2)20-11-14(10-18-20)17(22)19-7-5-13(6-8-19)16(21)15-4-3-9-23-15/h3-4,9-13,16,21H,5-8H2,1-2H3. The van der Waals surface area contributed by atoms with Gasteiger partial charge in [0.25, 0.3) is 5.91 Å². The lowest BCUT2D eigenvalue weighted by molar-refractivity contribution is 0.0474. The van der Waals surface area contributed by atoms with Crippen LogP contribution in [-0.4, -0.2) is 38.8 Å². The highest BCUT2D eigenvalue weighted by Crippen LogP contribution is 2.33. The van der Waals surface area contributed by atoms with Crippen molar-refractivity contribution in [3.05, 3.63) is 40.3 Å². The molecule has 1 unspecified atom stereocenters. The van der Waals surface area contributed by atoms with Gasteiger partial charge in [-0.3, -0.25) is 9.48 Å². The van der Waals surface area contributed by atoms with Crippen LogP contribution in [0.4, 0.5) is 0 Å². The van der Waals surface area contributed by atoms with Crippen LogP contribution in [0.2, 0.25) is 0 Å². The number of amides is 1. The summed E-state index contributed by atoms with van der Waals surface area (Å²) in [5.41, 5.74) is 0.649. The summed E-state index contributed by atoms with van der Waals surface area (Å²) < 4.78 is 1.81. The number of likely N-dealkylation sites (tertiary alicyclic amines) is 1. The fourth-order valence-electron chi connectivity index (χ4n) is 3.02. The molecule has 5 nitrogen and oxygen atoms in total. The zero-order valence-electron chi connectivity index (χ0n) is 13.6. The first-order chi connectivity index (χ1) is 11.1. The number of carbonyl (C=O) groups is 1. The number of rotatable bonds is 4. The number of aromatic nitrogens is 2. The smallest absolute Gasteiger partial charge is 0.257 e. The van der Waals surface area contributed by atoms with Crippen molar-refractivity contribution in [1.29, 1.82) is 0 Å². The molecule has 124 valence electrons. The molecule has 0 aromatic carbocycles. The van der Waals surface area contributed by atoms with Gasteiger partial charge in [0, 0.05) is 30.2 Å². The molecule has 23 heavy (non-hydrogen) atoms. The number of hydrogen-bond acceptors (Lipinski definition) is 4. The maximum atomic E-state index is 12.6. The van der Waals surface area contributed by atoms with Gasteiger partial charge in [0.15, 0.2) is 0 Å². The zero-order chi connectivity index (χ0) is 16.4. The lowest BCUT2D eigenvalue weighted by Crippen LogP contribution is -2.39. The quantitative estimate of drug-likeness (QED) is 0.935. The average Bonchev–Trinajstić information content (AvgIpc) is 3.25. The molecule has 2 aromatic rings. The Bertz CT molecular complexity index is 643. The molecule has 1 N–H and O–H groups in total. The summed E-state index contributed by atoms with van der Waals surface area (Å²) in [6, 6.07) is 4.20. The van der Waals surface area contributed by atoms with Crippen LogP contribution >= 0.6 is 11.3 Å². The second-order valence-corrected chi connectivity index (χ2v) is 7.37. The van der Waals surface area contributed by atoms with E-state index >= 15 is 0 Å². The van der Waals surface area contributed by atoms with Crippen LogP contribution in [0.15, 0.2) is 29.9 Å². The van der Waals surface area contributed by atoms with Crippen molar-refractivity contribution in [3.63, 3.8) is 0 Å². The molecular weight excluding hydrogens is 310 g/mol. The Hall–Kier alpha value is -1.66. The van der Waals surface area contributed by atoms with E-state index in [1.54, 1.807) is 22.2 Å². The van der Waals surface area contributed by atoms with Crippen LogP contribution in [0, 0.1) is 5.92 Å². The van der Waals surface area contributed by atoms with E-state index in [1.165, 1.54) is 0 Å². The van der Waals surface area contributed by atoms with Gasteiger partial charge in [0.2, 0.25) is 0 Å². The molecule has 3 rings (SSSR count). The van der Waals surface area contributed by atoms with E-state index in [4.69, 9.17) is 0 Å². The highest BCUT2D eigenvalue weighted by molar-refractivity contribution is 7.10. The van der Waals surface area contributed by atoms with Gasteiger partial charge < -0.3 is 10.0 Å². The van der Waals surface area contributed by atoms with E-state index in [-0.39, 0.29) is 17.9 Å². The fourth-order valence-corrected chi connectivity index (χ4v) is 3.83. The third kappa shape index (κ3) is 3.48. The van der Waals surface area contributed by atoms with Gasteiger partial charge >= 0.3 is 0 Å². The topological polar surface area (TPSA) is 58.4 Å². The second-order valence-electron chi connectivity index (χ2n) is 6.39. The van der Waals surface area contributed by atoms with E-state index in [0.29, 0.717) is 18.7 Å². The number of carbonyl (C=O) groups excluding carboxylic acids is 1. The summed E-state index contributed by atoms with van der Waals surface area (Å²) in [6.07, 6.45) is 4.73. The Labute approximate surface area is 140 Å². The van der Waals surface area contributed by atoms with Crippen LogP contribution in [0.1, 0.15) is 54.1 Å². The van der Waals surface area contributed by atoms with Gasteiger partial charge in [-0.05, 0) is 44.1 Å². The largest absolute Gasteiger partial charge is 0.387 e. The molecule has 1 aliphatic rings. The van der Waals surface area contributed by atoms with Crippen molar-refractivity contribution in [2.24, 2.45) is 5.92 Å². The minimum atomic E-state index is -0.407. The molecule has 0 saturated carbocycles. The van der Waals surface area contributed by atoms with Crippen molar-refractivity contribution in [2.75, 3.05) is 13.1 Å². The molecule has 0 spiro atoms. The van der Waals surface area contributed by atoms with Gasteiger partial charge in [0.05, 0.1) is 17.9 Å². The van der Waals surface area contributed by atoms with E-state index in [2.05, 4.69) is 5.10 Å². The Balaban J connectivity index is 1.58. The van der Waals surface area contributed by atoms with Crippen molar-refractivity contribution in [1.82, 2.24) is 14.7 Å². The predicted molar refractivity (Wildman–Crippen MR) is 90.5 cm³/mol. The molecular formula is C17H23N3O2S. The van der Waals surface area contributed by atoms with Gasteiger partial charge in [0.1, 0.15) is 0 Å². The minimum absolute atomic E-state index is 0.0426. The molecule has 2 aromatic heterocycles. The van der Waals surface area contributed by atoms with E-state index in [9.17, 15) is 9.90 Å². The van der Waals surface area contributed by atoms with Crippen LogP contribution < -0.4 is 0 Å². The molecule has 6 heteroatoms. The van der Waals surface area contributed by atoms with Gasteiger partial charge in [-0.15, -0.1) is 11.3 Å². The van der Waals surface area contributed by atoms with Crippen molar-refractivity contribution in [3.8, 4) is 0 Å². The van der Waals surface area contributed by atoms with Crippen LogP contribution in [0.25, 0.3) is 0 Å². The SMILES string of the molecule is CC(C)n1cc(C(=O)N2CCC(C(O)c3cccs3)CC2)cn1. The van der Waals surface area contributed by atoms with Crippen molar-refractivity contribution < 1.29 is 9.90 Å². The highest BCUT2D eigenvalue weighted by Gasteiger charge is 2.29. The number of piperidine rings is 1. The predicted octanol–water partition coefficient (Wildman–Crippen LogP) is 3.11. The summed E-state index contributed by atoms with van der Waals surface area (Å²) in [6.45, 7) is 5.47. The molecule has 1 saturated heterocycles. The Morgan fingerprint density at radius 3 is 2.70 bits per heavy atom. The van der Waals surface area contributed by atoms with E-state index in [1.807, 2.05) is 42.5 Å². The molecule has 1 amide bonds. The Morgan fingerprint density at radius 1 is 1.39 bits per heavy atom. The number of aliphatic hydroxyl groups excluding tert-OH is 1. The molecule has 1 aliphatic heterocycles.